The second kappa shape index (κ2) is 9.30. The Hall–Kier alpha value is 2.37. The minimum absolute atomic E-state index is 0. The van der Waals surface area contributed by atoms with Crippen molar-refractivity contribution in [1.82, 2.24) is 0 Å². The largest absolute Gasteiger partial charge is 1.00 e. The van der Waals surface area contributed by atoms with Crippen LogP contribution in [-0.4, -0.2) is 20.2 Å². The average molecular weight is 320 g/mol. The molecule has 0 bridgehead atoms. The summed E-state index contributed by atoms with van der Waals surface area (Å²) >= 11 is 0. The predicted molar refractivity (Wildman–Crippen MR) is 35.3 cm³/mol. The van der Waals surface area contributed by atoms with E-state index in [0.29, 0.717) is 0 Å². The van der Waals surface area contributed by atoms with Gasteiger partial charge in [0.25, 0.3) is 0 Å². The molecule has 0 rings (SSSR count). The van der Waals surface area contributed by atoms with Gasteiger partial charge in [0.2, 0.25) is 0 Å². The van der Waals surface area contributed by atoms with Gasteiger partial charge in [0.15, 0.2) is 0 Å². The molecule has 0 aromatic heterocycles. The van der Waals surface area contributed by atoms with E-state index >= 15 is 0 Å². The van der Waals surface area contributed by atoms with E-state index in [2.05, 4.69) is 8.62 Å². The average Bonchev–Trinajstić information content (AvgIpc) is 1.43. The second-order valence-electron chi connectivity index (χ2n) is 1.57. The Bertz CT molecular complexity index is 281. The van der Waals surface area contributed by atoms with Gasteiger partial charge < -0.3 is 34.5 Å². The summed E-state index contributed by atoms with van der Waals surface area (Å²) in [4.78, 5) is 43.5. The molecule has 5 N–H and O–H groups in total. The van der Waals surface area contributed by atoms with E-state index in [1.54, 1.807) is 0 Å². The Kier molecular flexibility index (Phi) is 15.6. The van der Waals surface area contributed by atoms with Crippen molar-refractivity contribution < 1.29 is 111 Å². The molecule has 16 heavy (non-hydrogen) atoms. The molecule has 0 radical (unpaired) electrons. The maximum atomic E-state index is 10.3. The van der Waals surface area contributed by atoms with Gasteiger partial charge in [0, 0.05) is 0 Å². The summed E-state index contributed by atoms with van der Waals surface area (Å²) in [5.74, 6) is 0. The summed E-state index contributed by atoms with van der Waals surface area (Å²) in [6, 6.07) is 0. The van der Waals surface area contributed by atoms with Gasteiger partial charge in [0.05, 0.1) is 7.82 Å². The van der Waals surface area contributed by atoms with Crippen molar-refractivity contribution in [2.24, 2.45) is 0 Å². The van der Waals surface area contributed by atoms with Crippen LogP contribution < -0.4 is 68.9 Å². The predicted octanol–water partition coefficient (Wildman–Crippen LogP) is -8.78. The minimum atomic E-state index is -5.85. The molecule has 0 aliphatic carbocycles. The monoisotopic (exact) mass is 320 g/mol. The van der Waals surface area contributed by atoms with Crippen molar-refractivity contribution in [3.63, 3.8) is 0 Å². The Labute approximate surface area is 134 Å². The van der Waals surface area contributed by atoms with Crippen LogP contribution in [0.3, 0.4) is 0 Å². The van der Waals surface area contributed by atoms with Gasteiger partial charge in [-0.1, -0.05) is 0 Å². The molecular formula is H5Na2O11P3. The van der Waals surface area contributed by atoms with Crippen molar-refractivity contribution in [2.45, 2.75) is 0 Å². The molecule has 0 aliphatic rings. The summed E-state index contributed by atoms with van der Waals surface area (Å²) < 4.78 is 35.7. The number of hydrogen-bond donors (Lipinski definition) is 3. The molecule has 0 saturated carbocycles. The molecular weight excluding hydrogens is 315 g/mol. The minimum Gasteiger partial charge on any atom is -0.789 e. The SMILES string of the molecule is O.O=P([O-])([O-])OP(=O)(O)OP(=O)(O)O.[Na+].[Na+]. The fourth-order valence-corrected chi connectivity index (χ4v) is 2.75. The fraction of sp³-hybridized carbons (Fsp3) is 0. The van der Waals surface area contributed by atoms with E-state index in [-0.39, 0.29) is 64.6 Å². The third-order valence-corrected chi connectivity index (χ3v) is 3.71. The first-order valence-corrected chi connectivity index (χ1v) is 6.73. The fourth-order valence-electron chi connectivity index (χ4n) is 0.276. The topological polar surface area (TPSA) is 208 Å². The van der Waals surface area contributed by atoms with E-state index in [0.717, 1.165) is 0 Å². The normalized spacial score (nSPS) is 14.8. The first-order valence-electron chi connectivity index (χ1n) is 2.24. The molecule has 0 aromatic carbocycles. The zero-order chi connectivity index (χ0) is 10.9. The molecule has 0 aliphatic heterocycles. The van der Waals surface area contributed by atoms with Crippen LogP contribution in [0.4, 0.5) is 0 Å². The number of hydrogen-bond acceptors (Lipinski definition) is 7. The molecule has 16 heteroatoms. The van der Waals surface area contributed by atoms with Gasteiger partial charge in [-0.05, 0) is 0 Å². The summed E-state index contributed by atoms with van der Waals surface area (Å²) in [6.45, 7) is 0. The molecule has 0 fully saturated rings. The van der Waals surface area contributed by atoms with Gasteiger partial charge in [0.1, 0.15) is 0 Å². The van der Waals surface area contributed by atoms with Crippen LogP contribution >= 0.6 is 23.5 Å². The standard InChI is InChI=1S/2Na.H5O10P3.H2O/c;;1-11(2,3)9-13(7,8)10-12(4,5)6;/h;;(H,7,8)(H2,1,2,3)(H2,4,5,6);1H2/q2*+1;;/p-2. The molecule has 1 atom stereocenters. The van der Waals surface area contributed by atoms with Crippen molar-refractivity contribution in [2.75, 3.05) is 0 Å². The first-order chi connectivity index (χ1) is 5.41. The molecule has 0 aromatic rings. The Morgan fingerprint density at radius 1 is 0.875 bits per heavy atom. The Morgan fingerprint density at radius 2 is 1.19 bits per heavy atom. The molecule has 0 heterocycles. The van der Waals surface area contributed by atoms with Crippen LogP contribution in [0.15, 0.2) is 0 Å². The van der Waals surface area contributed by atoms with Crippen LogP contribution in [0.2, 0.25) is 0 Å². The van der Waals surface area contributed by atoms with E-state index in [1.165, 1.54) is 0 Å². The molecule has 0 amide bonds. The molecule has 88 valence electrons. The maximum absolute atomic E-state index is 10.3. The van der Waals surface area contributed by atoms with Gasteiger partial charge in [-0.2, -0.15) is 4.31 Å². The zero-order valence-electron chi connectivity index (χ0n) is 8.04. The third kappa shape index (κ3) is 18.7. The van der Waals surface area contributed by atoms with E-state index in [4.69, 9.17) is 14.7 Å². The van der Waals surface area contributed by atoms with Crippen LogP contribution in [0.1, 0.15) is 0 Å². The van der Waals surface area contributed by atoms with Crippen molar-refractivity contribution in [3.05, 3.63) is 0 Å². The summed E-state index contributed by atoms with van der Waals surface area (Å²) in [5.41, 5.74) is 0. The first kappa shape index (κ1) is 26.8. The van der Waals surface area contributed by atoms with E-state index in [1.807, 2.05) is 0 Å². The van der Waals surface area contributed by atoms with Crippen LogP contribution in [0.5, 0.6) is 0 Å². The van der Waals surface area contributed by atoms with Crippen LogP contribution in [0, 0.1) is 0 Å². The summed E-state index contributed by atoms with van der Waals surface area (Å²) in [5, 5.41) is 0. The van der Waals surface area contributed by atoms with E-state index < -0.39 is 23.5 Å². The quantitative estimate of drug-likeness (QED) is 0.329. The van der Waals surface area contributed by atoms with Gasteiger partial charge >= 0.3 is 74.8 Å². The molecule has 0 saturated heterocycles. The zero-order valence-corrected chi connectivity index (χ0v) is 14.7. The van der Waals surface area contributed by atoms with E-state index in [9.17, 15) is 23.5 Å². The second-order valence-corrected chi connectivity index (χ2v) is 5.69. The van der Waals surface area contributed by atoms with Gasteiger partial charge in [-0.25, -0.2) is 9.13 Å². The van der Waals surface area contributed by atoms with Crippen molar-refractivity contribution >= 4 is 23.5 Å². The number of phosphoric acid groups is 3. The third-order valence-electron chi connectivity index (χ3n) is 0.413. The Balaban J connectivity index is -0.000000240. The molecule has 0 spiro atoms. The number of rotatable bonds is 4. The van der Waals surface area contributed by atoms with Crippen LogP contribution in [-0.2, 0) is 22.3 Å². The van der Waals surface area contributed by atoms with Gasteiger partial charge in [-0.3, -0.25) is 4.31 Å². The summed E-state index contributed by atoms with van der Waals surface area (Å²) in [6.07, 6.45) is 0. The van der Waals surface area contributed by atoms with Crippen molar-refractivity contribution in [1.29, 1.82) is 0 Å². The summed E-state index contributed by atoms with van der Waals surface area (Å²) in [7, 11) is -16.9. The van der Waals surface area contributed by atoms with Gasteiger partial charge in [-0.15, -0.1) is 0 Å². The molecule has 11 nitrogen and oxygen atoms in total. The van der Waals surface area contributed by atoms with Crippen molar-refractivity contribution in [3.8, 4) is 0 Å². The molecule has 1 unspecified atom stereocenters. The van der Waals surface area contributed by atoms with Crippen LogP contribution in [0.25, 0.3) is 0 Å². The maximum Gasteiger partial charge on any atom is 1.00 e. The smallest absolute Gasteiger partial charge is 0.789 e. The Morgan fingerprint density at radius 3 is 1.38 bits per heavy atom.